The van der Waals surface area contributed by atoms with E-state index in [-0.39, 0.29) is 12.2 Å². The number of benzene rings is 2. The fraction of sp³-hybridized carbons (Fsp3) is 0.440. The normalized spacial score (nSPS) is 22.2. The van der Waals surface area contributed by atoms with Crippen LogP contribution >= 0.6 is 0 Å². The minimum absolute atomic E-state index is 0.160. The van der Waals surface area contributed by atoms with E-state index in [1.165, 1.54) is 12.1 Å². The fourth-order valence-corrected chi connectivity index (χ4v) is 4.64. The molecule has 1 aliphatic carbocycles. The summed E-state index contributed by atoms with van der Waals surface area (Å²) in [5.41, 5.74) is 1.72. The number of ether oxygens (including phenoxy) is 2. The Labute approximate surface area is 201 Å². The average Bonchev–Trinajstić information content (AvgIpc) is 3.26. The monoisotopic (exact) mass is 489 g/mol. The summed E-state index contributed by atoms with van der Waals surface area (Å²) in [4.78, 5) is 13.3. The molecule has 2 N–H and O–H groups in total. The second kappa shape index (κ2) is 10.5. The van der Waals surface area contributed by atoms with Crippen LogP contribution in [0, 0.1) is 29.1 Å². The number of hydrogen-bond acceptors (Lipinski definition) is 6. The molecule has 1 heterocycles. The van der Waals surface area contributed by atoms with Crippen molar-refractivity contribution in [2.75, 3.05) is 26.2 Å². The summed E-state index contributed by atoms with van der Waals surface area (Å²) < 4.78 is 46.5. The second-order valence-electron chi connectivity index (χ2n) is 8.91. The highest BCUT2D eigenvalue weighted by Crippen LogP contribution is 2.45. The molecule has 7 nitrogen and oxygen atoms in total. The van der Waals surface area contributed by atoms with Gasteiger partial charge in [-0.2, -0.15) is 5.26 Å². The number of carboxylic acid groups (broad SMARTS) is 1. The molecule has 0 amide bonds. The zero-order chi connectivity index (χ0) is 25.0. The lowest BCUT2D eigenvalue weighted by molar-refractivity contribution is -0.274. The Morgan fingerprint density at radius 3 is 2.26 bits per heavy atom. The summed E-state index contributed by atoms with van der Waals surface area (Å²) in [5.74, 6) is -0.556. The number of rotatable bonds is 11. The summed E-state index contributed by atoms with van der Waals surface area (Å²) in [6, 6.07) is 15.3. The highest BCUT2D eigenvalue weighted by molar-refractivity contribution is 5.73. The summed E-state index contributed by atoms with van der Waals surface area (Å²) in [6.07, 6.45) is -4.52. The van der Waals surface area contributed by atoms with Crippen LogP contribution in [0.5, 0.6) is 11.5 Å². The van der Waals surface area contributed by atoms with Crippen LogP contribution in [0.2, 0.25) is 0 Å². The lowest BCUT2D eigenvalue weighted by Crippen LogP contribution is -2.33. The number of carbonyl (C=O) groups is 1. The smallest absolute Gasteiger partial charge is 0.492 e. The maximum absolute atomic E-state index is 12.3. The number of nitrogens with one attached hydrogen (secondary N) is 1. The third kappa shape index (κ3) is 6.87. The first-order chi connectivity index (χ1) is 16.7. The predicted octanol–water partition coefficient (Wildman–Crippen LogP) is 3.45. The molecule has 1 aliphatic heterocycles. The predicted molar refractivity (Wildman–Crippen MR) is 120 cm³/mol. The van der Waals surface area contributed by atoms with Gasteiger partial charge in [0.2, 0.25) is 0 Å². The Morgan fingerprint density at radius 2 is 1.69 bits per heavy atom. The molecule has 4 atom stereocenters. The largest absolute Gasteiger partial charge is 0.573 e. The number of carboxylic acids is 1. The molecular formula is C25H26F3N3O4. The Bertz CT molecular complexity index is 1040. The van der Waals surface area contributed by atoms with Crippen molar-refractivity contribution in [2.45, 2.75) is 25.4 Å². The van der Waals surface area contributed by atoms with Gasteiger partial charge in [0.15, 0.2) is 0 Å². The number of halogens is 3. The topological polar surface area (TPSA) is 94.8 Å². The first-order valence-electron chi connectivity index (χ1n) is 11.4. The quantitative estimate of drug-likeness (QED) is 0.467. The Hall–Kier alpha value is -3.29. The van der Waals surface area contributed by atoms with Gasteiger partial charge in [0, 0.05) is 32.2 Å². The van der Waals surface area contributed by atoms with Gasteiger partial charge in [0.25, 0.3) is 0 Å². The number of nitriles is 1. The SMILES string of the molecule is N#CC(Cc1ccc(OCCNC2C3CN(Cc4ccc(OC(F)(F)F)cc4)C[C@@H]32)cc1)C(=O)O. The molecule has 0 radical (unpaired) electrons. The van der Waals surface area contributed by atoms with Gasteiger partial charge in [-0.25, -0.2) is 0 Å². The molecule has 0 aromatic heterocycles. The zero-order valence-electron chi connectivity index (χ0n) is 18.9. The number of aliphatic carboxylic acids is 1. The van der Waals surface area contributed by atoms with Crippen molar-refractivity contribution in [3.63, 3.8) is 0 Å². The molecule has 1 saturated heterocycles. The Kier molecular flexibility index (Phi) is 7.48. The van der Waals surface area contributed by atoms with Crippen LogP contribution in [-0.4, -0.2) is 54.6 Å². The molecule has 0 bridgehead atoms. The van der Waals surface area contributed by atoms with Crippen molar-refractivity contribution < 1.29 is 32.5 Å². The van der Waals surface area contributed by atoms with Crippen LogP contribution < -0.4 is 14.8 Å². The lowest BCUT2D eigenvalue weighted by Gasteiger charge is -2.20. The van der Waals surface area contributed by atoms with Crippen molar-refractivity contribution in [3.05, 3.63) is 59.7 Å². The van der Waals surface area contributed by atoms with Crippen LogP contribution in [0.15, 0.2) is 48.5 Å². The van der Waals surface area contributed by atoms with E-state index in [1.54, 1.807) is 42.5 Å². The standard InChI is InChI=1S/C25H26F3N3O4/c26-25(27,28)35-20-7-3-17(4-8-20)13-31-14-21-22(15-31)23(21)30-9-10-34-19-5-1-16(2-6-19)11-18(12-29)24(32)33/h1-8,18,21-23,30H,9-11,13-15H2,(H,32,33)/t18?,21-,22?,23?/m0/s1. The van der Waals surface area contributed by atoms with Crippen LogP contribution in [0.25, 0.3) is 0 Å². The van der Waals surface area contributed by atoms with Crippen molar-refractivity contribution in [1.29, 1.82) is 5.26 Å². The summed E-state index contributed by atoms with van der Waals surface area (Å²) >= 11 is 0. The Balaban J connectivity index is 1.11. The summed E-state index contributed by atoms with van der Waals surface area (Å²) in [6.45, 7) is 3.81. The fourth-order valence-electron chi connectivity index (χ4n) is 4.64. The van der Waals surface area contributed by atoms with Gasteiger partial charge in [0.1, 0.15) is 24.0 Å². The van der Waals surface area contributed by atoms with Gasteiger partial charge in [-0.05, 0) is 53.6 Å². The number of hydrogen-bond donors (Lipinski definition) is 2. The van der Waals surface area contributed by atoms with Crippen LogP contribution in [0.4, 0.5) is 13.2 Å². The maximum atomic E-state index is 12.3. The van der Waals surface area contributed by atoms with E-state index in [2.05, 4.69) is 15.0 Å². The van der Waals surface area contributed by atoms with Crippen LogP contribution in [0.3, 0.4) is 0 Å². The third-order valence-electron chi connectivity index (χ3n) is 6.40. The molecule has 186 valence electrons. The molecule has 1 saturated carbocycles. The van der Waals surface area contributed by atoms with E-state index in [9.17, 15) is 18.0 Å². The highest BCUT2D eigenvalue weighted by atomic mass is 19.4. The van der Waals surface area contributed by atoms with Crippen molar-refractivity contribution in [3.8, 4) is 17.6 Å². The minimum Gasteiger partial charge on any atom is -0.492 e. The number of fused-ring (bicyclic) bond motifs is 1. The zero-order valence-corrected chi connectivity index (χ0v) is 18.9. The van der Waals surface area contributed by atoms with E-state index < -0.39 is 18.2 Å². The molecule has 4 rings (SSSR count). The minimum atomic E-state index is -4.68. The second-order valence-corrected chi connectivity index (χ2v) is 8.91. The van der Waals surface area contributed by atoms with Crippen LogP contribution in [0.1, 0.15) is 11.1 Å². The maximum Gasteiger partial charge on any atom is 0.573 e. The van der Waals surface area contributed by atoms with E-state index in [0.29, 0.717) is 43.3 Å². The molecule has 35 heavy (non-hydrogen) atoms. The number of nitrogens with zero attached hydrogens (tertiary/aromatic N) is 2. The Morgan fingerprint density at radius 1 is 1.09 bits per heavy atom. The van der Waals surface area contributed by atoms with Gasteiger partial charge >= 0.3 is 12.3 Å². The number of likely N-dealkylation sites (tertiary alicyclic amines) is 1. The van der Waals surface area contributed by atoms with Gasteiger partial charge < -0.3 is 19.9 Å². The third-order valence-corrected chi connectivity index (χ3v) is 6.40. The van der Waals surface area contributed by atoms with Gasteiger partial charge in [0.05, 0.1) is 6.07 Å². The van der Waals surface area contributed by atoms with Crippen molar-refractivity contribution in [2.24, 2.45) is 17.8 Å². The van der Waals surface area contributed by atoms with E-state index >= 15 is 0 Å². The molecule has 10 heteroatoms. The first-order valence-corrected chi connectivity index (χ1v) is 11.4. The summed E-state index contributed by atoms with van der Waals surface area (Å²) in [5, 5.41) is 21.4. The average molecular weight is 489 g/mol. The lowest BCUT2D eigenvalue weighted by atomic mass is 10.0. The van der Waals surface area contributed by atoms with E-state index in [1.807, 2.05) is 0 Å². The van der Waals surface area contributed by atoms with Gasteiger partial charge in [-0.1, -0.05) is 24.3 Å². The molecule has 2 aromatic rings. The molecular weight excluding hydrogens is 463 g/mol. The molecule has 2 fully saturated rings. The summed E-state index contributed by atoms with van der Waals surface area (Å²) in [7, 11) is 0. The van der Waals surface area contributed by atoms with E-state index in [4.69, 9.17) is 15.1 Å². The molecule has 2 aliphatic rings. The van der Waals surface area contributed by atoms with Gasteiger partial charge in [-0.15, -0.1) is 13.2 Å². The first kappa shape index (κ1) is 24.8. The van der Waals surface area contributed by atoms with Crippen molar-refractivity contribution >= 4 is 5.97 Å². The highest BCUT2D eigenvalue weighted by Gasteiger charge is 2.55. The molecule has 3 unspecified atom stereocenters. The van der Waals surface area contributed by atoms with Crippen LogP contribution in [-0.2, 0) is 17.8 Å². The number of alkyl halides is 3. The molecule has 0 spiro atoms. The van der Waals surface area contributed by atoms with E-state index in [0.717, 1.165) is 24.2 Å². The number of piperidine rings is 1. The van der Waals surface area contributed by atoms with Gasteiger partial charge in [-0.3, -0.25) is 9.69 Å². The molecule has 2 aromatic carbocycles. The van der Waals surface area contributed by atoms with Crippen molar-refractivity contribution in [1.82, 2.24) is 10.2 Å².